The van der Waals surface area contributed by atoms with E-state index in [9.17, 15) is 9.90 Å². The summed E-state index contributed by atoms with van der Waals surface area (Å²) in [6.45, 7) is 4.09. The molecule has 1 saturated heterocycles. The van der Waals surface area contributed by atoms with Crippen LogP contribution in [-0.2, 0) is 16.1 Å². The van der Waals surface area contributed by atoms with Gasteiger partial charge in [0, 0.05) is 38.5 Å². The van der Waals surface area contributed by atoms with Crippen molar-refractivity contribution in [2.75, 3.05) is 26.8 Å². The molecule has 1 amide bonds. The predicted octanol–water partition coefficient (Wildman–Crippen LogP) is 0.823. The SMILES string of the molecule is COCC(=O)N1CCC(NCc2nc(C)ccc2O)CC1. The summed E-state index contributed by atoms with van der Waals surface area (Å²) in [7, 11) is 1.54. The number of ether oxygens (including phenoxy) is 1. The van der Waals surface area contributed by atoms with Crippen LogP contribution in [0.1, 0.15) is 24.2 Å². The third-order valence-corrected chi connectivity index (χ3v) is 3.76. The molecule has 2 N–H and O–H groups in total. The normalized spacial score (nSPS) is 16.2. The van der Waals surface area contributed by atoms with Crippen LogP contribution in [0.3, 0.4) is 0 Å². The minimum atomic E-state index is 0.0499. The van der Waals surface area contributed by atoms with Crippen molar-refractivity contribution in [1.29, 1.82) is 0 Å². The second-order valence-corrected chi connectivity index (χ2v) is 5.39. The first kappa shape index (κ1) is 15.7. The number of likely N-dealkylation sites (tertiary alicyclic amines) is 1. The van der Waals surface area contributed by atoms with E-state index in [1.807, 2.05) is 11.8 Å². The van der Waals surface area contributed by atoms with E-state index in [1.54, 1.807) is 12.1 Å². The van der Waals surface area contributed by atoms with Gasteiger partial charge in [0.15, 0.2) is 0 Å². The zero-order valence-electron chi connectivity index (χ0n) is 12.6. The second kappa shape index (κ2) is 7.38. The maximum Gasteiger partial charge on any atom is 0.248 e. The molecule has 0 aromatic carbocycles. The molecule has 0 bridgehead atoms. The van der Waals surface area contributed by atoms with Crippen molar-refractivity contribution in [3.63, 3.8) is 0 Å². The van der Waals surface area contributed by atoms with E-state index in [2.05, 4.69) is 10.3 Å². The predicted molar refractivity (Wildman–Crippen MR) is 79.0 cm³/mol. The Hall–Kier alpha value is -1.66. The van der Waals surface area contributed by atoms with Crippen molar-refractivity contribution < 1.29 is 14.6 Å². The Labute approximate surface area is 125 Å². The summed E-state index contributed by atoms with van der Waals surface area (Å²) in [5, 5.41) is 13.2. The lowest BCUT2D eigenvalue weighted by molar-refractivity contribution is -0.136. The first-order valence-corrected chi connectivity index (χ1v) is 7.25. The average molecular weight is 293 g/mol. The molecule has 0 unspecified atom stereocenters. The molecule has 0 spiro atoms. The average Bonchev–Trinajstić information content (AvgIpc) is 2.49. The topological polar surface area (TPSA) is 74.7 Å². The van der Waals surface area contributed by atoms with E-state index in [1.165, 1.54) is 7.11 Å². The number of carbonyl (C=O) groups excluding carboxylic acids is 1. The van der Waals surface area contributed by atoms with Crippen LogP contribution in [0, 0.1) is 6.92 Å². The molecule has 6 nitrogen and oxygen atoms in total. The van der Waals surface area contributed by atoms with Gasteiger partial charge >= 0.3 is 0 Å². The van der Waals surface area contributed by atoms with Gasteiger partial charge in [-0.15, -0.1) is 0 Å². The van der Waals surface area contributed by atoms with Gasteiger partial charge in [-0.1, -0.05) is 0 Å². The summed E-state index contributed by atoms with van der Waals surface area (Å²) in [4.78, 5) is 17.9. The number of carbonyl (C=O) groups is 1. The van der Waals surface area contributed by atoms with E-state index in [4.69, 9.17) is 4.74 Å². The van der Waals surface area contributed by atoms with Crippen molar-refractivity contribution in [2.45, 2.75) is 32.4 Å². The maximum atomic E-state index is 11.7. The largest absolute Gasteiger partial charge is 0.506 e. The van der Waals surface area contributed by atoms with Gasteiger partial charge < -0.3 is 20.1 Å². The lowest BCUT2D eigenvalue weighted by Gasteiger charge is -2.32. The van der Waals surface area contributed by atoms with Gasteiger partial charge in [0.2, 0.25) is 5.91 Å². The quantitative estimate of drug-likeness (QED) is 0.841. The van der Waals surface area contributed by atoms with Gasteiger partial charge in [-0.25, -0.2) is 0 Å². The lowest BCUT2D eigenvalue weighted by Crippen LogP contribution is -2.45. The third kappa shape index (κ3) is 4.41. The minimum Gasteiger partial charge on any atom is -0.506 e. The van der Waals surface area contributed by atoms with Crippen LogP contribution in [0.4, 0.5) is 0 Å². The molecule has 6 heteroatoms. The molecular weight excluding hydrogens is 270 g/mol. The van der Waals surface area contributed by atoms with Gasteiger partial charge in [-0.3, -0.25) is 9.78 Å². The Kier molecular flexibility index (Phi) is 5.52. The summed E-state index contributed by atoms with van der Waals surface area (Å²) in [5.74, 6) is 0.273. The summed E-state index contributed by atoms with van der Waals surface area (Å²) >= 11 is 0. The number of rotatable bonds is 5. The standard InChI is InChI=1S/C15H23N3O3/c1-11-3-4-14(19)13(17-11)9-16-12-5-7-18(8-6-12)15(20)10-21-2/h3-4,12,16,19H,5-10H2,1-2H3. The van der Waals surface area contributed by atoms with Gasteiger partial charge in [-0.05, 0) is 31.9 Å². The van der Waals surface area contributed by atoms with E-state index < -0.39 is 0 Å². The van der Waals surface area contributed by atoms with Crippen LogP contribution >= 0.6 is 0 Å². The molecular formula is C15H23N3O3. The highest BCUT2D eigenvalue weighted by Gasteiger charge is 2.22. The van der Waals surface area contributed by atoms with Crippen LogP contribution in [0.2, 0.25) is 0 Å². The summed E-state index contributed by atoms with van der Waals surface area (Å²) < 4.78 is 4.87. The van der Waals surface area contributed by atoms with Crippen molar-refractivity contribution in [3.05, 3.63) is 23.5 Å². The smallest absolute Gasteiger partial charge is 0.248 e. The Balaban J connectivity index is 1.79. The minimum absolute atomic E-state index is 0.0499. The van der Waals surface area contributed by atoms with Crippen LogP contribution in [-0.4, -0.2) is 53.7 Å². The Morgan fingerprint density at radius 1 is 1.48 bits per heavy atom. The number of pyridine rings is 1. The summed E-state index contributed by atoms with van der Waals surface area (Å²) in [5.41, 5.74) is 1.57. The number of aryl methyl sites for hydroxylation is 1. The number of methoxy groups -OCH3 is 1. The van der Waals surface area contributed by atoms with Gasteiger partial charge in [0.1, 0.15) is 12.4 Å². The van der Waals surface area contributed by atoms with E-state index in [0.717, 1.165) is 31.6 Å². The van der Waals surface area contributed by atoms with Crippen molar-refractivity contribution in [3.8, 4) is 5.75 Å². The van der Waals surface area contributed by atoms with Gasteiger partial charge in [0.25, 0.3) is 0 Å². The van der Waals surface area contributed by atoms with Gasteiger partial charge in [-0.2, -0.15) is 0 Å². The number of nitrogens with one attached hydrogen (secondary N) is 1. The first-order chi connectivity index (χ1) is 10.1. The van der Waals surface area contributed by atoms with E-state index in [-0.39, 0.29) is 18.3 Å². The highest BCUT2D eigenvalue weighted by Crippen LogP contribution is 2.16. The van der Waals surface area contributed by atoms with Crippen LogP contribution in [0.25, 0.3) is 0 Å². The number of hydrogen-bond acceptors (Lipinski definition) is 5. The molecule has 1 aromatic rings. The molecule has 0 radical (unpaired) electrons. The van der Waals surface area contributed by atoms with E-state index in [0.29, 0.717) is 18.3 Å². The number of aromatic nitrogens is 1. The zero-order valence-corrected chi connectivity index (χ0v) is 12.6. The van der Waals surface area contributed by atoms with Crippen molar-refractivity contribution >= 4 is 5.91 Å². The number of piperidine rings is 1. The molecule has 2 heterocycles. The fraction of sp³-hybridized carbons (Fsp3) is 0.600. The number of amides is 1. The molecule has 2 rings (SSSR count). The van der Waals surface area contributed by atoms with Crippen LogP contribution < -0.4 is 5.32 Å². The molecule has 0 saturated carbocycles. The monoisotopic (exact) mass is 293 g/mol. The number of aromatic hydroxyl groups is 1. The third-order valence-electron chi connectivity index (χ3n) is 3.76. The second-order valence-electron chi connectivity index (χ2n) is 5.39. The fourth-order valence-corrected chi connectivity index (χ4v) is 2.52. The van der Waals surface area contributed by atoms with Crippen LogP contribution in [0.5, 0.6) is 5.75 Å². The highest BCUT2D eigenvalue weighted by atomic mass is 16.5. The zero-order chi connectivity index (χ0) is 15.2. The molecule has 0 atom stereocenters. The highest BCUT2D eigenvalue weighted by molar-refractivity contribution is 5.77. The lowest BCUT2D eigenvalue weighted by atomic mass is 10.0. The molecule has 1 fully saturated rings. The molecule has 116 valence electrons. The van der Waals surface area contributed by atoms with Crippen molar-refractivity contribution in [2.24, 2.45) is 0 Å². The number of nitrogens with zero attached hydrogens (tertiary/aromatic N) is 2. The van der Waals surface area contributed by atoms with Crippen molar-refractivity contribution in [1.82, 2.24) is 15.2 Å². The first-order valence-electron chi connectivity index (χ1n) is 7.25. The summed E-state index contributed by atoms with van der Waals surface area (Å²) in [6.07, 6.45) is 1.81. The Morgan fingerprint density at radius 3 is 2.86 bits per heavy atom. The Bertz CT molecular complexity index is 485. The van der Waals surface area contributed by atoms with Gasteiger partial charge in [0.05, 0.1) is 5.69 Å². The molecule has 1 aliphatic rings. The molecule has 0 aliphatic carbocycles. The Morgan fingerprint density at radius 2 is 2.19 bits per heavy atom. The fourth-order valence-electron chi connectivity index (χ4n) is 2.52. The molecule has 1 aromatic heterocycles. The van der Waals surface area contributed by atoms with E-state index >= 15 is 0 Å². The summed E-state index contributed by atoms with van der Waals surface area (Å²) in [6, 6.07) is 3.81. The maximum absolute atomic E-state index is 11.7. The molecule has 1 aliphatic heterocycles. The van der Waals surface area contributed by atoms with Crippen LogP contribution in [0.15, 0.2) is 12.1 Å². The molecule has 21 heavy (non-hydrogen) atoms. The number of hydrogen-bond donors (Lipinski definition) is 2.